The van der Waals surface area contributed by atoms with Gasteiger partial charge >= 0.3 is 0 Å². The van der Waals surface area contributed by atoms with Gasteiger partial charge in [-0.05, 0) is 37.5 Å². The summed E-state index contributed by atoms with van der Waals surface area (Å²) in [5.74, 6) is 0.114. The second-order valence-corrected chi connectivity index (χ2v) is 7.32. The lowest BCUT2D eigenvalue weighted by Gasteiger charge is -2.35. The Labute approximate surface area is 158 Å². The van der Waals surface area contributed by atoms with Crippen LogP contribution in [-0.2, 0) is 14.3 Å². The van der Waals surface area contributed by atoms with Gasteiger partial charge in [0.15, 0.2) is 0 Å². The van der Waals surface area contributed by atoms with Crippen molar-refractivity contribution in [2.75, 3.05) is 44.2 Å². The molecule has 0 aromatic heterocycles. The number of benzene rings is 1. The van der Waals surface area contributed by atoms with E-state index in [1.165, 1.54) is 0 Å². The average Bonchev–Trinajstić information content (AvgIpc) is 3.39. The van der Waals surface area contributed by atoms with Crippen LogP contribution in [0.1, 0.15) is 36.0 Å². The molecule has 0 N–H and O–H groups in total. The van der Waals surface area contributed by atoms with Crippen molar-refractivity contribution in [2.24, 2.45) is 0 Å². The Kier molecular flexibility index (Phi) is 5.11. The predicted octanol–water partition coefficient (Wildman–Crippen LogP) is 1.28. The molecule has 144 valence electrons. The summed E-state index contributed by atoms with van der Waals surface area (Å²) in [5, 5.41) is 0. The van der Waals surface area contributed by atoms with Gasteiger partial charge in [-0.25, -0.2) is 0 Å². The summed E-state index contributed by atoms with van der Waals surface area (Å²) in [5.41, 5.74) is 1.38. The third-order valence-electron chi connectivity index (χ3n) is 5.56. The van der Waals surface area contributed by atoms with Gasteiger partial charge < -0.3 is 19.4 Å². The van der Waals surface area contributed by atoms with Crippen molar-refractivity contribution in [3.05, 3.63) is 29.8 Å². The van der Waals surface area contributed by atoms with Crippen molar-refractivity contribution in [1.82, 2.24) is 9.80 Å². The first-order chi connectivity index (χ1) is 13.1. The Morgan fingerprint density at radius 3 is 2.44 bits per heavy atom. The largest absolute Gasteiger partial charge is 0.368 e. The Morgan fingerprint density at radius 2 is 1.78 bits per heavy atom. The molecule has 1 atom stereocenters. The van der Waals surface area contributed by atoms with Gasteiger partial charge in [0.05, 0.1) is 0 Å². The van der Waals surface area contributed by atoms with Crippen LogP contribution in [0.2, 0.25) is 0 Å². The molecule has 7 nitrogen and oxygen atoms in total. The molecule has 4 rings (SSSR count). The van der Waals surface area contributed by atoms with E-state index in [1.54, 1.807) is 26.8 Å². The molecular weight excluding hydrogens is 346 g/mol. The minimum atomic E-state index is -0.304. The van der Waals surface area contributed by atoms with Crippen LogP contribution in [0.15, 0.2) is 24.3 Å². The second-order valence-electron chi connectivity index (χ2n) is 7.32. The minimum Gasteiger partial charge on any atom is -0.368 e. The summed E-state index contributed by atoms with van der Waals surface area (Å²) in [6.45, 7) is 3.48. The number of piperazine rings is 1. The van der Waals surface area contributed by atoms with Crippen molar-refractivity contribution >= 4 is 23.4 Å². The Bertz CT molecular complexity index is 736. The molecule has 3 fully saturated rings. The number of carbonyl (C=O) groups is 3. The Balaban J connectivity index is 1.38. The highest BCUT2D eigenvalue weighted by molar-refractivity contribution is 5.99. The van der Waals surface area contributed by atoms with Gasteiger partial charge in [-0.1, -0.05) is 6.07 Å². The molecule has 3 saturated heterocycles. The van der Waals surface area contributed by atoms with Crippen molar-refractivity contribution in [3.63, 3.8) is 0 Å². The van der Waals surface area contributed by atoms with E-state index in [9.17, 15) is 14.4 Å². The first-order valence-corrected chi connectivity index (χ1v) is 9.73. The number of anilines is 1. The quantitative estimate of drug-likeness (QED) is 0.803. The fraction of sp³-hybridized carbons (Fsp3) is 0.550. The molecule has 0 bridgehead atoms. The van der Waals surface area contributed by atoms with Crippen LogP contribution >= 0.6 is 0 Å². The van der Waals surface area contributed by atoms with Crippen LogP contribution in [0.4, 0.5) is 5.69 Å². The standard InChI is InChI=1S/C20H25N3O4/c24-18-7-2-8-23(18)16-5-1-4-15(14-16)19(25)21-9-11-22(12-10-21)20(26)17-6-3-13-27-17/h1,4-5,14,17H,2-3,6-13H2. The van der Waals surface area contributed by atoms with Gasteiger partial charge in [-0.15, -0.1) is 0 Å². The number of hydrogen-bond donors (Lipinski definition) is 0. The summed E-state index contributed by atoms with van der Waals surface area (Å²) in [7, 11) is 0. The van der Waals surface area contributed by atoms with E-state index in [2.05, 4.69) is 0 Å². The zero-order valence-electron chi connectivity index (χ0n) is 15.4. The molecule has 0 radical (unpaired) electrons. The van der Waals surface area contributed by atoms with Crippen LogP contribution in [0.25, 0.3) is 0 Å². The molecule has 7 heteroatoms. The van der Waals surface area contributed by atoms with Gasteiger partial charge in [0.25, 0.3) is 11.8 Å². The van der Waals surface area contributed by atoms with Crippen LogP contribution in [0.5, 0.6) is 0 Å². The second kappa shape index (κ2) is 7.68. The zero-order valence-corrected chi connectivity index (χ0v) is 15.4. The SMILES string of the molecule is O=C(c1cccc(N2CCCC2=O)c1)N1CCN(C(=O)C2CCCO2)CC1. The maximum atomic E-state index is 12.9. The maximum Gasteiger partial charge on any atom is 0.254 e. The van der Waals surface area contributed by atoms with Crippen LogP contribution in [0, 0.1) is 0 Å². The van der Waals surface area contributed by atoms with Crippen molar-refractivity contribution < 1.29 is 19.1 Å². The first kappa shape index (κ1) is 18.0. The van der Waals surface area contributed by atoms with Gasteiger partial charge in [0.2, 0.25) is 5.91 Å². The molecule has 3 aliphatic heterocycles. The number of carbonyl (C=O) groups excluding carboxylic acids is 3. The number of amides is 3. The number of rotatable bonds is 3. The summed E-state index contributed by atoms with van der Waals surface area (Å²) in [4.78, 5) is 42.6. The minimum absolute atomic E-state index is 0.0484. The number of ether oxygens (including phenoxy) is 1. The highest BCUT2D eigenvalue weighted by Gasteiger charge is 2.31. The van der Waals surface area contributed by atoms with Gasteiger partial charge in [0.1, 0.15) is 6.10 Å². The topological polar surface area (TPSA) is 70.2 Å². The van der Waals surface area contributed by atoms with E-state index in [4.69, 9.17) is 4.74 Å². The normalized spacial score (nSPS) is 23.2. The van der Waals surface area contributed by atoms with E-state index in [0.29, 0.717) is 51.3 Å². The van der Waals surface area contributed by atoms with Crippen LogP contribution in [-0.4, -0.2) is 73.0 Å². The van der Waals surface area contributed by atoms with E-state index in [0.717, 1.165) is 24.9 Å². The fourth-order valence-electron chi connectivity index (χ4n) is 4.02. The highest BCUT2D eigenvalue weighted by Crippen LogP contribution is 2.23. The van der Waals surface area contributed by atoms with Gasteiger partial charge in [0, 0.05) is 57.0 Å². The monoisotopic (exact) mass is 371 g/mol. The van der Waals surface area contributed by atoms with Crippen LogP contribution in [0.3, 0.4) is 0 Å². The van der Waals surface area contributed by atoms with E-state index >= 15 is 0 Å². The molecule has 1 aromatic carbocycles. The molecule has 0 saturated carbocycles. The number of hydrogen-bond acceptors (Lipinski definition) is 4. The van der Waals surface area contributed by atoms with E-state index in [-0.39, 0.29) is 23.8 Å². The molecule has 3 heterocycles. The smallest absolute Gasteiger partial charge is 0.254 e. The molecule has 27 heavy (non-hydrogen) atoms. The van der Waals surface area contributed by atoms with Crippen molar-refractivity contribution in [1.29, 1.82) is 0 Å². The highest BCUT2D eigenvalue weighted by atomic mass is 16.5. The molecule has 1 aromatic rings. The summed E-state index contributed by atoms with van der Waals surface area (Å²) in [6.07, 6.45) is 2.85. The Hall–Kier alpha value is -2.41. The third kappa shape index (κ3) is 3.69. The average molecular weight is 371 g/mol. The summed E-state index contributed by atoms with van der Waals surface area (Å²) < 4.78 is 5.48. The number of nitrogens with zero attached hydrogens (tertiary/aromatic N) is 3. The molecule has 1 unspecified atom stereocenters. The van der Waals surface area contributed by atoms with Gasteiger partial charge in [-0.3, -0.25) is 14.4 Å². The van der Waals surface area contributed by atoms with Gasteiger partial charge in [-0.2, -0.15) is 0 Å². The Morgan fingerprint density at radius 1 is 1.00 bits per heavy atom. The maximum absolute atomic E-state index is 12.9. The fourth-order valence-corrected chi connectivity index (χ4v) is 4.02. The predicted molar refractivity (Wildman–Crippen MR) is 99.5 cm³/mol. The van der Waals surface area contributed by atoms with E-state index < -0.39 is 0 Å². The van der Waals surface area contributed by atoms with Crippen molar-refractivity contribution in [3.8, 4) is 0 Å². The lowest BCUT2D eigenvalue weighted by molar-refractivity contribution is -0.142. The lowest BCUT2D eigenvalue weighted by atomic mass is 10.1. The van der Waals surface area contributed by atoms with Crippen molar-refractivity contribution in [2.45, 2.75) is 31.8 Å². The zero-order chi connectivity index (χ0) is 18.8. The first-order valence-electron chi connectivity index (χ1n) is 9.73. The van der Waals surface area contributed by atoms with E-state index in [1.807, 2.05) is 12.1 Å². The molecule has 3 aliphatic rings. The summed E-state index contributed by atoms with van der Waals surface area (Å²) in [6, 6.07) is 7.29. The van der Waals surface area contributed by atoms with Crippen LogP contribution < -0.4 is 4.90 Å². The molecule has 0 aliphatic carbocycles. The molecular formula is C20H25N3O4. The molecule has 3 amide bonds. The third-order valence-corrected chi connectivity index (χ3v) is 5.56. The molecule has 0 spiro atoms. The lowest BCUT2D eigenvalue weighted by Crippen LogP contribution is -2.52. The summed E-state index contributed by atoms with van der Waals surface area (Å²) >= 11 is 0.